The van der Waals surface area contributed by atoms with E-state index in [0.29, 0.717) is 47.3 Å². The van der Waals surface area contributed by atoms with Crippen molar-refractivity contribution >= 4 is 110 Å². The van der Waals surface area contributed by atoms with Crippen molar-refractivity contribution in [3.05, 3.63) is 205 Å². The van der Waals surface area contributed by atoms with Crippen LogP contribution in [0.1, 0.15) is 60.9 Å². The van der Waals surface area contributed by atoms with Crippen LogP contribution >= 0.6 is 0 Å². The van der Waals surface area contributed by atoms with Gasteiger partial charge in [0.1, 0.15) is 0 Å². The lowest BCUT2D eigenvalue weighted by molar-refractivity contribution is 0.594. The van der Waals surface area contributed by atoms with Gasteiger partial charge >= 0.3 is 0 Å². The second-order valence-electron chi connectivity index (χ2n) is 19.7. The van der Waals surface area contributed by atoms with E-state index in [4.69, 9.17) is 5.48 Å². The summed E-state index contributed by atoms with van der Waals surface area (Å²) in [5.74, 6) is 0. The van der Waals surface area contributed by atoms with Crippen molar-refractivity contribution in [2.45, 2.75) is 52.4 Å². The minimum atomic E-state index is -0.288. The smallest absolute Gasteiger partial charge is 0.0653 e. The number of hydrogen-bond acceptors (Lipinski definition) is 2. The van der Waals surface area contributed by atoms with Gasteiger partial charge in [0.15, 0.2) is 0 Å². The van der Waals surface area contributed by atoms with Crippen molar-refractivity contribution in [1.82, 2.24) is 8.80 Å². The lowest BCUT2D eigenvalue weighted by Crippen LogP contribution is -2.12. The van der Waals surface area contributed by atoms with Crippen LogP contribution in [-0.4, -0.2) is 8.80 Å². The summed E-state index contributed by atoms with van der Waals surface area (Å²) in [6.45, 7) is 13.4. The predicted molar refractivity (Wildman–Crippen MR) is 283 cm³/mol. The molecule has 0 saturated carbocycles. The summed E-state index contributed by atoms with van der Waals surface area (Å²) in [5.41, 5.74) is 12.3. The fourth-order valence-electron chi connectivity index (χ4n) is 11.0. The van der Waals surface area contributed by atoms with Crippen molar-refractivity contribution < 1.29 is 8.22 Å². The summed E-state index contributed by atoms with van der Waals surface area (Å²) < 4.78 is 59.6. The Labute approximate surface area is 393 Å². The summed E-state index contributed by atoms with van der Waals surface area (Å²) in [7, 11) is 0. The molecule has 0 fully saturated rings. The molecule has 318 valence electrons. The van der Waals surface area contributed by atoms with Gasteiger partial charge in [-0.1, -0.05) is 163 Å². The molecule has 0 amide bonds. The second kappa shape index (κ2) is 13.8. The maximum atomic E-state index is 10.7. The van der Waals surface area contributed by atoms with E-state index in [-0.39, 0.29) is 10.8 Å². The first-order chi connectivity index (χ1) is 34.5. The number of rotatable bonds is 6. The summed E-state index contributed by atoms with van der Waals surface area (Å²) in [5, 5.41) is 7.33. The van der Waals surface area contributed by atoms with Gasteiger partial charge in [-0.15, -0.1) is 0 Å². The SMILES string of the molecule is [2H]c1ccc(N(c2ccc([2H])cc2)c2ccc3c4c([2H])c5c(c([2H])c4n4c6c(C(C)(C)C)cccc6c2c34)c2ccc(N(c3ccc([2H])cc3)c3ccc([2H])cc3)c3c4cccc(C(C)(C)C)c4n5c23)cc1. The molecule has 4 aromatic heterocycles. The highest BCUT2D eigenvalue weighted by atomic mass is 15.2. The Hall–Kier alpha value is -7.82. The molecule has 0 aliphatic heterocycles. The summed E-state index contributed by atoms with van der Waals surface area (Å²) in [6.07, 6.45) is 0. The van der Waals surface area contributed by atoms with E-state index >= 15 is 0 Å². The van der Waals surface area contributed by atoms with E-state index in [0.717, 1.165) is 110 Å². The highest BCUT2D eigenvalue weighted by molar-refractivity contribution is 6.32. The summed E-state index contributed by atoms with van der Waals surface area (Å²) >= 11 is 0. The Morgan fingerprint density at radius 3 is 1.00 bits per heavy atom. The average Bonchev–Trinajstić information content (AvgIpc) is 4.10. The van der Waals surface area contributed by atoms with Crippen molar-refractivity contribution in [2.75, 3.05) is 9.80 Å². The van der Waals surface area contributed by atoms with Crippen LogP contribution < -0.4 is 9.80 Å². The molecule has 4 nitrogen and oxygen atoms in total. The molecule has 66 heavy (non-hydrogen) atoms. The third kappa shape index (κ3) is 5.39. The second-order valence-corrected chi connectivity index (χ2v) is 19.7. The standard InChI is InChI=1S/C62H50N4/c1-61(2,3)49-31-19-29-45-55-51(63(39-21-11-7-12-22-39)40-23-13-8-14-24-40)35-33-43-47-38-54-48(37-53(47)65(57(45)49)59(43)55)44-34-36-52(64(41-25-15-9-16-26-41)42-27-17-10-18-28-42)56-46-30-20-32-50(62(4,5)6)58(46)66(54)60(44)56/h7-38H,1-6H3/i7D,8D,9D,10D,37D,38D. The van der Waals surface area contributed by atoms with Crippen molar-refractivity contribution in [1.29, 1.82) is 0 Å². The van der Waals surface area contributed by atoms with Gasteiger partial charge < -0.3 is 18.6 Å². The molecule has 0 unspecified atom stereocenters. The summed E-state index contributed by atoms with van der Waals surface area (Å²) in [6, 6.07) is 54.2. The number of nitrogens with zero attached hydrogens (tertiary/aromatic N) is 4. The number of fused-ring (bicyclic) bond motifs is 12. The fraction of sp³-hybridized carbons (Fsp3) is 0.129. The molecule has 9 aromatic carbocycles. The normalized spacial score (nSPS) is 14.0. The number of aromatic nitrogens is 2. The van der Waals surface area contributed by atoms with Crippen LogP contribution in [0.2, 0.25) is 0 Å². The zero-order valence-electron chi connectivity index (χ0n) is 43.8. The van der Waals surface area contributed by atoms with Crippen LogP contribution in [-0.2, 0) is 10.8 Å². The van der Waals surface area contributed by atoms with Gasteiger partial charge in [0.2, 0.25) is 0 Å². The first kappa shape index (κ1) is 32.8. The Kier molecular flexibility index (Phi) is 6.87. The van der Waals surface area contributed by atoms with Crippen molar-refractivity contribution in [2.24, 2.45) is 0 Å². The maximum Gasteiger partial charge on any atom is 0.0653 e. The molecular formula is C62H50N4. The molecule has 0 aliphatic rings. The Morgan fingerprint density at radius 1 is 0.348 bits per heavy atom. The molecule has 0 atom stereocenters. The molecule has 13 rings (SSSR count). The van der Waals surface area contributed by atoms with Gasteiger partial charge in [-0.05, 0) is 94.7 Å². The van der Waals surface area contributed by atoms with Gasteiger partial charge in [0.05, 0.1) is 52.7 Å². The minimum Gasteiger partial charge on any atom is -0.310 e. The first-order valence-electron chi connectivity index (χ1n) is 25.8. The Bertz CT molecular complexity index is 3960. The fourth-order valence-corrected chi connectivity index (χ4v) is 11.0. The van der Waals surface area contributed by atoms with E-state index < -0.39 is 0 Å². The number of hydrogen-bond donors (Lipinski definition) is 0. The molecule has 0 aliphatic carbocycles. The molecule has 0 radical (unpaired) electrons. The van der Waals surface area contributed by atoms with Crippen LogP contribution in [0.15, 0.2) is 194 Å². The van der Waals surface area contributed by atoms with E-state index in [9.17, 15) is 2.74 Å². The number of para-hydroxylation sites is 6. The molecular weight excluding hydrogens is 801 g/mol. The predicted octanol–water partition coefficient (Wildman–Crippen LogP) is 17.5. The molecule has 0 saturated heterocycles. The quantitative estimate of drug-likeness (QED) is 0.166. The highest BCUT2D eigenvalue weighted by Gasteiger charge is 2.31. The third-order valence-electron chi connectivity index (χ3n) is 13.7. The van der Waals surface area contributed by atoms with Crippen LogP contribution in [0.4, 0.5) is 34.1 Å². The van der Waals surface area contributed by atoms with Crippen molar-refractivity contribution in [3.8, 4) is 0 Å². The summed E-state index contributed by atoms with van der Waals surface area (Å²) in [4.78, 5) is 4.40. The molecule has 0 bridgehead atoms. The van der Waals surface area contributed by atoms with Crippen molar-refractivity contribution in [3.63, 3.8) is 0 Å². The van der Waals surface area contributed by atoms with E-state index in [1.807, 2.05) is 48.5 Å². The number of anilines is 6. The van der Waals surface area contributed by atoms with Gasteiger partial charge in [0.25, 0.3) is 0 Å². The minimum absolute atomic E-state index is 0.288. The van der Waals surface area contributed by atoms with Crippen LogP contribution in [0.25, 0.3) is 76.2 Å². The van der Waals surface area contributed by atoms with Crippen LogP contribution in [0, 0.1) is 0 Å². The average molecular weight is 857 g/mol. The van der Waals surface area contributed by atoms with E-state index in [2.05, 4.69) is 121 Å². The molecule has 4 heterocycles. The monoisotopic (exact) mass is 856 g/mol. The van der Waals surface area contributed by atoms with Gasteiger partial charge in [-0.3, -0.25) is 0 Å². The van der Waals surface area contributed by atoms with Gasteiger partial charge in [-0.25, -0.2) is 0 Å². The van der Waals surface area contributed by atoms with E-state index in [1.165, 1.54) is 0 Å². The van der Waals surface area contributed by atoms with Crippen LogP contribution in [0.5, 0.6) is 0 Å². The van der Waals surface area contributed by atoms with Gasteiger partial charge in [0, 0.05) is 65.8 Å². The first-order valence-corrected chi connectivity index (χ1v) is 22.8. The molecule has 0 N–H and O–H groups in total. The highest BCUT2D eigenvalue weighted by Crippen LogP contribution is 2.52. The lowest BCUT2D eigenvalue weighted by Gasteiger charge is -2.26. The lowest BCUT2D eigenvalue weighted by atomic mass is 9.85. The zero-order chi connectivity index (χ0) is 49.9. The third-order valence-corrected chi connectivity index (χ3v) is 13.7. The molecule has 4 heteroatoms. The van der Waals surface area contributed by atoms with Gasteiger partial charge in [-0.2, -0.15) is 0 Å². The largest absolute Gasteiger partial charge is 0.310 e. The molecule has 13 aromatic rings. The maximum absolute atomic E-state index is 10.7. The number of benzene rings is 9. The topological polar surface area (TPSA) is 15.3 Å². The van der Waals surface area contributed by atoms with Crippen LogP contribution in [0.3, 0.4) is 0 Å². The Balaban J connectivity index is 1.22. The Morgan fingerprint density at radius 2 is 0.682 bits per heavy atom. The zero-order valence-corrected chi connectivity index (χ0v) is 37.8. The van der Waals surface area contributed by atoms with E-state index in [1.54, 1.807) is 48.5 Å². The molecule has 0 spiro atoms.